The predicted octanol–water partition coefficient (Wildman–Crippen LogP) is 5.26. The summed E-state index contributed by atoms with van der Waals surface area (Å²) in [5.74, 6) is 0.795. The zero-order valence-corrected chi connectivity index (χ0v) is 19.2. The van der Waals surface area contributed by atoms with Crippen molar-refractivity contribution >= 4 is 46.3 Å². The molecule has 0 aromatic heterocycles. The Morgan fingerprint density at radius 3 is 2.03 bits per heavy atom. The van der Waals surface area contributed by atoms with E-state index in [0.29, 0.717) is 50.2 Å². The molecule has 2 aliphatic heterocycles. The quantitative estimate of drug-likeness (QED) is 0.585. The number of nitrogens with zero attached hydrogens (tertiary/aromatic N) is 2. The molecule has 0 N–H and O–H groups in total. The van der Waals surface area contributed by atoms with Crippen molar-refractivity contribution in [1.82, 2.24) is 4.90 Å². The Hall–Kier alpha value is -2.50. The second-order valence-electron chi connectivity index (χ2n) is 8.38. The first-order valence-electron chi connectivity index (χ1n) is 10.3. The van der Waals surface area contributed by atoms with Gasteiger partial charge in [0.25, 0.3) is 11.8 Å². The van der Waals surface area contributed by atoms with Crippen LogP contribution in [-0.2, 0) is 9.59 Å². The van der Waals surface area contributed by atoms with Gasteiger partial charge in [-0.3, -0.25) is 9.59 Å². The molecule has 1 saturated heterocycles. The fourth-order valence-corrected chi connectivity index (χ4v) is 5.09. The van der Waals surface area contributed by atoms with Crippen LogP contribution in [0.5, 0.6) is 5.75 Å². The van der Waals surface area contributed by atoms with E-state index in [2.05, 4.69) is 18.7 Å². The molecule has 5 nitrogen and oxygen atoms in total. The summed E-state index contributed by atoms with van der Waals surface area (Å²) in [6.07, 6.45) is 1.09. The summed E-state index contributed by atoms with van der Waals surface area (Å²) in [6, 6.07) is 11.9. The molecule has 2 heterocycles. The molecule has 0 saturated carbocycles. The van der Waals surface area contributed by atoms with Gasteiger partial charge in [-0.05, 0) is 54.2 Å². The van der Waals surface area contributed by atoms with E-state index in [-0.39, 0.29) is 11.8 Å². The summed E-state index contributed by atoms with van der Waals surface area (Å²) < 4.78 is 5.25. The van der Waals surface area contributed by atoms with Gasteiger partial charge in [-0.2, -0.15) is 0 Å². The lowest BCUT2D eigenvalue weighted by Crippen LogP contribution is -2.42. The second-order valence-corrected chi connectivity index (χ2v) is 9.25. The molecule has 0 spiro atoms. The number of hydrogen-bond acceptors (Lipinski definition) is 4. The maximum Gasteiger partial charge on any atom is 0.282 e. The van der Waals surface area contributed by atoms with Crippen LogP contribution in [0.25, 0.3) is 5.57 Å². The van der Waals surface area contributed by atoms with Crippen molar-refractivity contribution in [3.63, 3.8) is 0 Å². The minimum absolute atomic E-state index is 0.351. The van der Waals surface area contributed by atoms with Crippen molar-refractivity contribution in [3.05, 3.63) is 63.8 Å². The Labute approximate surface area is 192 Å². The number of imide groups is 1. The number of amides is 2. The van der Waals surface area contributed by atoms with E-state index in [0.717, 1.165) is 19.5 Å². The van der Waals surface area contributed by atoms with Crippen LogP contribution in [0, 0.1) is 11.8 Å². The van der Waals surface area contributed by atoms with Gasteiger partial charge in [-0.1, -0.05) is 49.2 Å². The van der Waals surface area contributed by atoms with Crippen molar-refractivity contribution in [2.75, 3.05) is 25.1 Å². The van der Waals surface area contributed by atoms with Crippen molar-refractivity contribution in [1.29, 1.82) is 0 Å². The van der Waals surface area contributed by atoms with Gasteiger partial charge in [0.2, 0.25) is 0 Å². The van der Waals surface area contributed by atoms with Crippen molar-refractivity contribution < 1.29 is 14.3 Å². The van der Waals surface area contributed by atoms with Crippen LogP contribution in [0.2, 0.25) is 10.0 Å². The highest BCUT2D eigenvalue weighted by molar-refractivity contribution is 6.46. The summed E-state index contributed by atoms with van der Waals surface area (Å²) in [7, 11) is 1.59. The van der Waals surface area contributed by atoms with Crippen LogP contribution < -0.4 is 9.64 Å². The van der Waals surface area contributed by atoms with Crippen LogP contribution >= 0.6 is 23.2 Å². The van der Waals surface area contributed by atoms with E-state index in [1.807, 2.05) is 12.1 Å². The largest absolute Gasteiger partial charge is 0.497 e. The number of benzene rings is 2. The first kappa shape index (κ1) is 21.7. The molecular weight excluding hydrogens is 435 g/mol. The topological polar surface area (TPSA) is 49.9 Å². The Balaban J connectivity index is 1.84. The van der Waals surface area contributed by atoms with E-state index in [1.54, 1.807) is 37.4 Å². The predicted molar refractivity (Wildman–Crippen MR) is 123 cm³/mol. The van der Waals surface area contributed by atoms with Gasteiger partial charge in [0.1, 0.15) is 11.4 Å². The summed E-state index contributed by atoms with van der Waals surface area (Å²) in [5.41, 5.74) is 1.87. The number of hydrogen-bond donors (Lipinski definition) is 0. The number of ether oxygens (including phenoxy) is 1. The van der Waals surface area contributed by atoms with Crippen molar-refractivity contribution in [3.8, 4) is 5.75 Å². The van der Waals surface area contributed by atoms with Crippen LogP contribution in [0.4, 0.5) is 5.69 Å². The van der Waals surface area contributed by atoms with Crippen LogP contribution in [-0.4, -0.2) is 36.9 Å². The fraction of sp³-hybridized carbons (Fsp3) is 0.333. The minimum atomic E-state index is -0.380. The number of piperidine rings is 1. The second kappa shape index (κ2) is 8.56. The van der Waals surface area contributed by atoms with Crippen molar-refractivity contribution in [2.45, 2.75) is 20.3 Å². The lowest BCUT2D eigenvalue weighted by molar-refractivity contribution is -0.120. The third-order valence-electron chi connectivity index (χ3n) is 5.73. The van der Waals surface area contributed by atoms with Gasteiger partial charge in [0.15, 0.2) is 0 Å². The number of rotatable bonds is 4. The van der Waals surface area contributed by atoms with Gasteiger partial charge < -0.3 is 9.64 Å². The zero-order chi connectivity index (χ0) is 22.3. The molecule has 2 aromatic carbocycles. The molecule has 2 aromatic rings. The number of methoxy groups -OCH3 is 1. The van der Waals surface area contributed by atoms with E-state index in [4.69, 9.17) is 27.9 Å². The lowest BCUT2D eigenvalue weighted by atomic mass is 9.91. The molecule has 0 bridgehead atoms. The maximum absolute atomic E-state index is 13.7. The van der Waals surface area contributed by atoms with Gasteiger partial charge in [0.05, 0.1) is 18.4 Å². The first-order chi connectivity index (χ1) is 14.8. The Kier molecular flexibility index (Phi) is 6.00. The summed E-state index contributed by atoms with van der Waals surface area (Å²) in [4.78, 5) is 30.5. The average Bonchev–Trinajstić information content (AvgIpc) is 2.96. The molecule has 0 radical (unpaired) electrons. The standard InChI is InChI=1S/C24H24Cl2N2O3/c1-14-8-15(2)13-27(12-14)22-21(16-4-6-20(31-3)7-5-16)23(29)28(24(22)30)19-10-17(25)9-18(26)11-19/h4-7,9-11,14-15H,8,12-13H2,1-3H3. The normalized spacial score (nSPS) is 21.8. The Morgan fingerprint density at radius 2 is 1.48 bits per heavy atom. The van der Waals surface area contributed by atoms with Crippen LogP contribution in [0.1, 0.15) is 25.8 Å². The number of carbonyl (C=O) groups is 2. The molecule has 1 fully saturated rings. The molecule has 2 atom stereocenters. The molecule has 7 heteroatoms. The molecule has 0 aliphatic carbocycles. The number of anilines is 1. The molecule has 2 amide bonds. The Bertz CT molecular complexity index is 1030. The molecule has 2 aliphatic rings. The SMILES string of the molecule is COc1ccc(C2=C(N3CC(C)CC(C)C3)C(=O)N(c3cc(Cl)cc(Cl)c3)C2=O)cc1. The number of halogens is 2. The average molecular weight is 459 g/mol. The van der Waals surface area contributed by atoms with Crippen LogP contribution in [0.3, 0.4) is 0 Å². The van der Waals surface area contributed by atoms with Gasteiger partial charge in [-0.15, -0.1) is 0 Å². The van der Waals surface area contributed by atoms with Gasteiger partial charge in [0, 0.05) is 23.1 Å². The summed E-state index contributed by atoms with van der Waals surface area (Å²) in [6.45, 7) is 5.79. The highest BCUT2D eigenvalue weighted by Gasteiger charge is 2.43. The van der Waals surface area contributed by atoms with Crippen LogP contribution in [0.15, 0.2) is 48.2 Å². The van der Waals surface area contributed by atoms with Gasteiger partial charge >= 0.3 is 0 Å². The number of carbonyl (C=O) groups excluding carboxylic acids is 2. The third kappa shape index (κ3) is 4.17. The molecule has 162 valence electrons. The minimum Gasteiger partial charge on any atom is -0.497 e. The monoisotopic (exact) mass is 458 g/mol. The highest BCUT2D eigenvalue weighted by Crippen LogP contribution is 2.38. The Morgan fingerprint density at radius 1 is 0.903 bits per heavy atom. The maximum atomic E-state index is 13.7. The molecular formula is C24H24Cl2N2O3. The zero-order valence-electron chi connectivity index (χ0n) is 17.7. The van der Waals surface area contributed by atoms with E-state index in [1.165, 1.54) is 4.90 Å². The molecule has 4 rings (SSSR count). The lowest BCUT2D eigenvalue weighted by Gasteiger charge is -2.37. The van der Waals surface area contributed by atoms with E-state index >= 15 is 0 Å². The number of likely N-dealkylation sites (tertiary alicyclic amines) is 1. The summed E-state index contributed by atoms with van der Waals surface area (Å²) in [5, 5.41) is 0.727. The summed E-state index contributed by atoms with van der Waals surface area (Å²) >= 11 is 12.3. The van der Waals surface area contributed by atoms with E-state index in [9.17, 15) is 9.59 Å². The third-order valence-corrected chi connectivity index (χ3v) is 6.17. The fourth-order valence-electron chi connectivity index (χ4n) is 4.58. The smallest absolute Gasteiger partial charge is 0.282 e. The van der Waals surface area contributed by atoms with Gasteiger partial charge in [-0.25, -0.2) is 4.90 Å². The van der Waals surface area contributed by atoms with E-state index < -0.39 is 0 Å². The first-order valence-corrected chi connectivity index (χ1v) is 11.0. The van der Waals surface area contributed by atoms with Crippen molar-refractivity contribution in [2.24, 2.45) is 11.8 Å². The molecule has 31 heavy (non-hydrogen) atoms. The molecule has 2 unspecified atom stereocenters. The highest BCUT2D eigenvalue weighted by atomic mass is 35.5.